The van der Waals surface area contributed by atoms with Gasteiger partial charge in [-0.05, 0) is 11.5 Å². The number of anilines is 1. The summed E-state index contributed by atoms with van der Waals surface area (Å²) in [7, 11) is 0. The number of nitro benzene ring substituents is 1. The highest BCUT2D eigenvalue weighted by Gasteiger charge is 2.26. The van der Waals surface area contributed by atoms with E-state index in [1.165, 1.54) is 18.2 Å². The lowest BCUT2D eigenvalue weighted by atomic mass is 9.85. The maximum Gasteiger partial charge on any atom is 0.303 e. The zero-order chi connectivity index (χ0) is 15.3. The number of carboxylic acids is 1. The van der Waals surface area contributed by atoms with Crippen LogP contribution in [0.25, 0.3) is 0 Å². The Hall–Kier alpha value is -2.44. The molecule has 0 atom stereocenters. The zero-order valence-corrected chi connectivity index (χ0v) is 11.3. The van der Waals surface area contributed by atoms with Gasteiger partial charge in [0, 0.05) is 12.5 Å². The first kappa shape index (κ1) is 15.6. The Morgan fingerprint density at radius 1 is 1.30 bits per heavy atom. The number of benzene rings is 1. The number of nitrogens with zero attached hydrogens (tertiary/aromatic N) is 1. The van der Waals surface area contributed by atoms with Crippen LogP contribution in [-0.2, 0) is 9.59 Å². The molecule has 0 unspecified atom stereocenters. The summed E-state index contributed by atoms with van der Waals surface area (Å²) in [5.41, 5.74) is -0.815. The van der Waals surface area contributed by atoms with Crippen molar-refractivity contribution in [2.24, 2.45) is 5.41 Å². The summed E-state index contributed by atoms with van der Waals surface area (Å²) in [5.74, 6) is -1.45. The smallest absolute Gasteiger partial charge is 0.303 e. The minimum Gasteiger partial charge on any atom is -0.481 e. The Balaban J connectivity index is 2.77. The third-order valence-electron chi connectivity index (χ3n) is 2.64. The molecule has 2 N–H and O–H groups in total. The highest BCUT2D eigenvalue weighted by molar-refractivity contribution is 5.93. The van der Waals surface area contributed by atoms with Crippen LogP contribution in [0.3, 0.4) is 0 Å². The summed E-state index contributed by atoms with van der Waals surface area (Å²) in [6, 6.07) is 5.80. The maximum absolute atomic E-state index is 11.9. The van der Waals surface area contributed by atoms with Gasteiger partial charge in [-0.3, -0.25) is 19.7 Å². The molecule has 0 heterocycles. The van der Waals surface area contributed by atoms with Crippen molar-refractivity contribution < 1.29 is 19.6 Å². The van der Waals surface area contributed by atoms with Crippen LogP contribution in [0.1, 0.15) is 26.7 Å². The highest BCUT2D eigenvalue weighted by atomic mass is 16.6. The van der Waals surface area contributed by atoms with Crippen molar-refractivity contribution in [3.8, 4) is 0 Å². The molecule has 0 aliphatic heterocycles. The van der Waals surface area contributed by atoms with E-state index in [0.717, 1.165) is 0 Å². The lowest BCUT2D eigenvalue weighted by molar-refractivity contribution is -0.383. The summed E-state index contributed by atoms with van der Waals surface area (Å²) < 4.78 is 0. The van der Waals surface area contributed by atoms with Gasteiger partial charge in [-0.25, -0.2) is 0 Å². The molecular formula is C13H16N2O5. The molecule has 0 fully saturated rings. The van der Waals surface area contributed by atoms with Crippen molar-refractivity contribution in [3.05, 3.63) is 34.4 Å². The number of carboxylic acid groups (broad SMARTS) is 1. The third-order valence-corrected chi connectivity index (χ3v) is 2.64. The van der Waals surface area contributed by atoms with E-state index in [4.69, 9.17) is 5.11 Å². The highest BCUT2D eigenvalue weighted by Crippen LogP contribution is 2.28. The number of para-hydroxylation sites is 2. The van der Waals surface area contributed by atoms with Gasteiger partial charge in [-0.15, -0.1) is 0 Å². The van der Waals surface area contributed by atoms with Crippen molar-refractivity contribution >= 4 is 23.3 Å². The predicted octanol–water partition coefficient (Wildman–Crippen LogP) is 2.42. The number of carbonyl (C=O) groups excluding carboxylic acids is 1. The predicted molar refractivity (Wildman–Crippen MR) is 72.4 cm³/mol. The fraction of sp³-hybridized carbons (Fsp3) is 0.385. The number of nitro groups is 1. The number of amides is 1. The van der Waals surface area contributed by atoms with Crippen LogP contribution in [0, 0.1) is 15.5 Å². The SMILES string of the molecule is CC(C)(CC(=O)O)CC(=O)Nc1ccccc1[N+](=O)[O-]. The first-order chi connectivity index (χ1) is 9.21. The Kier molecular flexibility index (Phi) is 4.79. The van der Waals surface area contributed by atoms with Gasteiger partial charge in [0.1, 0.15) is 5.69 Å². The molecule has 0 saturated heterocycles. The van der Waals surface area contributed by atoms with E-state index in [-0.39, 0.29) is 24.2 Å². The van der Waals surface area contributed by atoms with Gasteiger partial charge >= 0.3 is 5.97 Å². The van der Waals surface area contributed by atoms with Crippen molar-refractivity contribution in [1.82, 2.24) is 0 Å². The molecule has 0 aliphatic carbocycles. The minimum absolute atomic E-state index is 0.0364. The van der Waals surface area contributed by atoms with E-state index in [1.807, 2.05) is 0 Å². The second-order valence-corrected chi connectivity index (χ2v) is 5.23. The van der Waals surface area contributed by atoms with Crippen LogP contribution in [0.2, 0.25) is 0 Å². The van der Waals surface area contributed by atoms with E-state index in [9.17, 15) is 19.7 Å². The molecular weight excluding hydrogens is 264 g/mol. The van der Waals surface area contributed by atoms with Crippen LogP contribution in [0.5, 0.6) is 0 Å². The van der Waals surface area contributed by atoms with Gasteiger partial charge in [0.05, 0.1) is 11.3 Å². The fourth-order valence-corrected chi connectivity index (χ4v) is 1.84. The second kappa shape index (κ2) is 6.14. The number of nitrogens with one attached hydrogen (secondary N) is 1. The molecule has 0 aliphatic rings. The van der Waals surface area contributed by atoms with Gasteiger partial charge in [-0.2, -0.15) is 0 Å². The lowest BCUT2D eigenvalue weighted by Crippen LogP contribution is -2.25. The first-order valence-corrected chi connectivity index (χ1v) is 5.96. The topological polar surface area (TPSA) is 110 Å². The van der Waals surface area contributed by atoms with E-state index >= 15 is 0 Å². The Labute approximate surface area is 115 Å². The summed E-state index contributed by atoms with van der Waals surface area (Å²) in [5, 5.41) is 22.0. The van der Waals surface area contributed by atoms with E-state index in [0.29, 0.717) is 0 Å². The molecule has 0 radical (unpaired) electrons. The summed E-state index contributed by atoms with van der Waals surface area (Å²) >= 11 is 0. The number of hydrogen-bond acceptors (Lipinski definition) is 4. The standard InChI is InChI=1S/C13H16N2O5/c1-13(2,8-12(17)18)7-11(16)14-9-5-3-4-6-10(9)15(19)20/h3-6H,7-8H2,1-2H3,(H,14,16)(H,17,18). The van der Waals surface area contributed by atoms with Crippen LogP contribution < -0.4 is 5.32 Å². The quantitative estimate of drug-likeness (QED) is 0.614. The molecule has 7 nitrogen and oxygen atoms in total. The molecule has 1 aromatic rings. The van der Waals surface area contributed by atoms with Crippen LogP contribution in [0.4, 0.5) is 11.4 Å². The van der Waals surface area contributed by atoms with Crippen LogP contribution in [-0.4, -0.2) is 21.9 Å². The summed E-state index contributed by atoms with van der Waals surface area (Å²) in [6.45, 7) is 3.31. The third kappa shape index (κ3) is 4.68. The molecule has 1 amide bonds. The lowest BCUT2D eigenvalue weighted by Gasteiger charge is -2.21. The molecule has 0 aromatic heterocycles. The average Bonchev–Trinajstić information content (AvgIpc) is 2.26. The maximum atomic E-state index is 11.9. The normalized spacial score (nSPS) is 10.9. The molecule has 108 valence electrons. The van der Waals surface area contributed by atoms with Gasteiger partial charge in [0.25, 0.3) is 5.69 Å². The second-order valence-electron chi connectivity index (χ2n) is 5.23. The number of carbonyl (C=O) groups is 2. The average molecular weight is 280 g/mol. The largest absolute Gasteiger partial charge is 0.481 e. The van der Waals surface area contributed by atoms with Gasteiger partial charge in [-0.1, -0.05) is 26.0 Å². The van der Waals surface area contributed by atoms with Crippen molar-refractivity contribution in [3.63, 3.8) is 0 Å². The van der Waals surface area contributed by atoms with E-state index < -0.39 is 22.2 Å². The Morgan fingerprint density at radius 3 is 2.45 bits per heavy atom. The van der Waals surface area contributed by atoms with Crippen LogP contribution >= 0.6 is 0 Å². The number of hydrogen-bond donors (Lipinski definition) is 2. The fourth-order valence-electron chi connectivity index (χ4n) is 1.84. The number of rotatable bonds is 6. The van der Waals surface area contributed by atoms with Gasteiger partial charge in [0.15, 0.2) is 0 Å². The van der Waals surface area contributed by atoms with E-state index in [2.05, 4.69) is 5.32 Å². The molecule has 0 bridgehead atoms. The zero-order valence-electron chi connectivity index (χ0n) is 11.3. The van der Waals surface area contributed by atoms with Crippen molar-refractivity contribution in [1.29, 1.82) is 0 Å². The molecule has 7 heteroatoms. The Morgan fingerprint density at radius 2 is 1.90 bits per heavy atom. The van der Waals surface area contributed by atoms with E-state index in [1.54, 1.807) is 19.9 Å². The molecule has 20 heavy (non-hydrogen) atoms. The monoisotopic (exact) mass is 280 g/mol. The van der Waals surface area contributed by atoms with Crippen molar-refractivity contribution in [2.75, 3.05) is 5.32 Å². The molecule has 1 aromatic carbocycles. The first-order valence-electron chi connectivity index (χ1n) is 5.96. The number of aliphatic carboxylic acids is 1. The van der Waals surface area contributed by atoms with Gasteiger partial charge < -0.3 is 10.4 Å². The minimum atomic E-state index is -0.992. The summed E-state index contributed by atoms with van der Waals surface area (Å²) in [6.07, 6.45) is -0.192. The Bertz CT molecular complexity index is 539. The molecule has 1 rings (SSSR count). The van der Waals surface area contributed by atoms with Crippen LogP contribution in [0.15, 0.2) is 24.3 Å². The molecule has 0 saturated carbocycles. The summed E-state index contributed by atoms with van der Waals surface area (Å²) in [4.78, 5) is 32.8. The molecule has 0 spiro atoms. The van der Waals surface area contributed by atoms with Crippen molar-refractivity contribution in [2.45, 2.75) is 26.7 Å². The van der Waals surface area contributed by atoms with Gasteiger partial charge in [0.2, 0.25) is 5.91 Å².